The van der Waals surface area contributed by atoms with Crippen LogP contribution in [0.1, 0.15) is 31.7 Å². The molecule has 1 aliphatic rings. The van der Waals surface area contributed by atoms with Crippen molar-refractivity contribution in [2.75, 3.05) is 6.61 Å². The average molecular weight is 261 g/mol. The summed E-state index contributed by atoms with van der Waals surface area (Å²) in [6.45, 7) is 2.51. The summed E-state index contributed by atoms with van der Waals surface area (Å²) in [6, 6.07) is 9.66. The van der Waals surface area contributed by atoms with E-state index in [1.165, 1.54) is 0 Å². The lowest BCUT2D eigenvalue weighted by molar-refractivity contribution is -0.167. The molecular weight excluding hydrogens is 242 g/mol. The number of amides is 1. The second-order valence-corrected chi connectivity index (χ2v) is 4.82. The third-order valence-electron chi connectivity index (χ3n) is 3.60. The maximum absolute atomic E-state index is 12.2. The van der Waals surface area contributed by atoms with Crippen molar-refractivity contribution in [3.8, 4) is 0 Å². The van der Waals surface area contributed by atoms with Crippen molar-refractivity contribution in [1.82, 2.24) is 5.32 Å². The number of ether oxygens (including phenoxy) is 1. The Hall–Kier alpha value is -1.84. The molecule has 1 fully saturated rings. The Labute approximate surface area is 113 Å². The largest absolute Gasteiger partial charge is 0.465 e. The lowest BCUT2D eigenvalue weighted by Crippen LogP contribution is -2.51. The molecule has 1 aromatic rings. The van der Waals surface area contributed by atoms with E-state index in [1.54, 1.807) is 6.92 Å². The van der Waals surface area contributed by atoms with Crippen LogP contribution in [0.2, 0.25) is 0 Å². The van der Waals surface area contributed by atoms with Gasteiger partial charge in [0, 0.05) is 6.54 Å². The highest BCUT2D eigenvalue weighted by Crippen LogP contribution is 2.42. The Kier molecular flexibility index (Phi) is 4.20. The molecule has 0 aromatic heterocycles. The van der Waals surface area contributed by atoms with Crippen LogP contribution in [-0.2, 0) is 20.9 Å². The van der Waals surface area contributed by atoms with Crippen LogP contribution < -0.4 is 5.32 Å². The van der Waals surface area contributed by atoms with E-state index in [9.17, 15) is 9.59 Å². The van der Waals surface area contributed by atoms with Crippen molar-refractivity contribution >= 4 is 11.9 Å². The zero-order chi connectivity index (χ0) is 13.7. The van der Waals surface area contributed by atoms with Gasteiger partial charge in [0.25, 0.3) is 0 Å². The lowest BCUT2D eigenvalue weighted by atomic mass is 9.68. The Balaban J connectivity index is 1.96. The van der Waals surface area contributed by atoms with Crippen LogP contribution in [0.4, 0.5) is 0 Å². The fourth-order valence-electron chi connectivity index (χ4n) is 2.27. The molecule has 1 amide bonds. The molecule has 0 saturated heterocycles. The molecule has 102 valence electrons. The summed E-state index contributed by atoms with van der Waals surface area (Å²) in [4.78, 5) is 24.1. The summed E-state index contributed by atoms with van der Waals surface area (Å²) in [6.07, 6.45) is 2.08. The molecule has 4 heteroatoms. The summed E-state index contributed by atoms with van der Waals surface area (Å²) < 4.78 is 5.02. The number of hydrogen-bond donors (Lipinski definition) is 1. The SMILES string of the molecule is CCOC(=O)C1(C(=O)NCc2ccccc2)CCC1. The maximum Gasteiger partial charge on any atom is 0.321 e. The molecule has 1 aliphatic carbocycles. The highest BCUT2D eigenvalue weighted by molar-refractivity contribution is 6.03. The summed E-state index contributed by atoms with van der Waals surface area (Å²) in [5.74, 6) is -0.590. The van der Waals surface area contributed by atoms with Gasteiger partial charge in [-0.15, -0.1) is 0 Å². The summed E-state index contributed by atoms with van der Waals surface area (Å²) in [7, 11) is 0. The number of rotatable bonds is 5. The van der Waals surface area contributed by atoms with E-state index in [0.29, 0.717) is 26.0 Å². The average Bonchev–Trinajstić information content (AvgIpc) is 2.36. The molecule has 1 N–H and O–H groups in total. The Bertz CT molecular complexity index is 452. The lowest BCUT2D eigenvalue weighted by Gasteiger charge is -2.37. The van der Waals surface area contributed by atoms with Gasteiger partial charge in [-0.2, -0.15) is 0 Å². The second-order valence-electron chi connectivity index (χ2n) is 4.82. The molecular formula is C15H19NO3. The van der Waals surface area contributed by atoms with Crippen molar-refractivity contribution in [1.29, 1.82) is 0 Å². The second kappa shape index (κ2) is 5.87. The fraction of sp³-hybridized carbons (Fsp3) is 0.467. The first-order valence-corrected chi connectivity index (χ1v) is 6.68. The Morgan fingerprint density at radius 3 is 2.47 bits per heavy atom. The van der Waals surface area contributed by atoms with E-state index in [4.69, 9.17) is 4.74 Å². The number of nitrogens with one attached hydrogen (secondary N) is 1. The van der Waals surface area contributed by atoms with E-state index in [-0.39, 0.29) is 11.9 Å². The van der Waals surface area contributed by atoms with Crippen molar-refractivity contribution in [2.24, 2.45) is 5.41 Å². The van der Waals surface area contributed by atoms with Gasteiger partial charge in [-0.1, -0.05) is 36.8 Å². The molecule has 0 aliphatic heterocycles. The maximum atomic E-state index is 12.2. The van der Waals surface area contributed by atoms with Crippen LogP contribution >= 0.6 is 0 Å². The van der Waals surface area contributed by atoms with Gasteiger partial charge in [-0.25, -0.2) is 0 Å². The normalized spacial score (nSPS) is 16.3. The van der Waals surface area contributed by atoms with Crippen molar-refractivity contribution in [3.05, 3.63) is 35.9 Å². The molecule has 2 rings (SSSR count). The van der Waals surface area contributed by atoms with Crippen molar-refractivity contribution < 1.29 is 14.3 Å². The van der Waals surface area contributed by atoms with Gasteiger partial charge in [0.2, 0.25) is 5.91 Å². The smallest absolute Gasteiger partial charge is 0.321 e. The monoisotopic (exact) mass is 261 g/mol. The predicted molar refractivity (Wildman–Crippen MR) is 71.2 cm³/mol. The van der Waals surface area contributed by atoms with Crippen LogP contribution in [0.3, 0.4) is 0 Å². The highest BCUT2D eigenvalue weighted by atomic mass is 16.5. The molecule has 0 atom stereocenters. The number of carbonyl (C=O) groups is 2. The van der Waals surface area contributed by atoms with Crippen LogP contribution in [0.15, 0.2) is 30.3 Å². The summed E-state index contributed by atoms with van der Waals surface area (Å²) in [5, 5.41) is 2.84. The van der Waals surface area contributed by atoms with Crippen LogP contribution in [-0.4, -0.2) is 18.5 Å². The third kappa shape index (κ3) is 2.78. The van der Waals surface area contributed by atoms with Gasteiger partial charge in [-0.05, 0) is 25.3 Å². The summed E-state index contributed by atoms with van der Waals surface area (Å²) in [5.41, 5.74) is 0.0827. The Morgan fingerprint density at radius 1 is 1.26 bits per heavy atom. The molecule has 0 radical (unpaired) electrons. The van der Waals surface area contributed by atoms with Gasteiger partial charge >= 0.3 is 5.97 Å². The first-order chi connectivity index (χ1) is 9.19. The van der Waals surface area contributed by atoms with E-state index < -0.39 is 5.41 Å². The minimum atomic E-state index is -0.940. The molecule has 0 bridgehead atoms. The first kappa shape index (κ1) is 13.6. The van der Waals surface area contributed by atoms with Gasteiger partial charge < -0.3 is 10.1 Å². The molecule has 1 saturated carbocycles. The predicted octanol–water partition coefficient (Wildman–Crippen LogP) is 2.04. The van der Waals surface area contributed by atoms with Gasteiger partial charge in [0.15, 0.2) is 0 Å². The van der Waals surface area contributed by atoms with Crippen molar-refractivity contribution in [2.45, 2.75) is 32.7 Å². The topological polar surface area (TPSA) is 55.4 Å². The van der Waals surface area contributed by atoms with Gasteiger partial charge in [0.1, 0.15) is 5.41 Å². The zero-order valence-corrected chi connectivity index (χ0v) is 11.1. The number of esters is 1. The number of benzene rings is 1. The Morgan fingerprint density at radius 2 is 1.95 bits per heavy atom. The molecule has 0 heterocycles. The highest BCUT2D eigenvalue weighted by Gasteiger charge is 2.51. The van der Waals surface area contributed by atoms with Crippen LogP contribution in [0, 0.1) is 5.41 Å². The summed E-state index contributed by atoms with van der Waals surface area (Å²) >= 11 is 0. The van der Waals surface area contributed by atoms with Crippen LogP contribution in [0.25, 0.3) is 0 Å². The fourth-order valence-corrected chi connectivity index (χ4v) is 2.27. The minimum Gasteiger partial charge on any atom is -0.465 e. The van der Waals surface area contributed by atoms with Gasteiger partial charge in [0.05, 0.1) is 6.61 Å². The van der Waals surface area contributed by atoms with Gasteiger partial charge in [-0.3, -0.25) is 9.59 Å². The van der Waals surface area contributed by atoms with E-state index in [2.05, 4.69) is 5.32 Å². The molecule has 1 aromatic carbocycles. The molecule has 4 nitrogen and oxygen atoms in total. The minimum absolute atomic E-state index is 0.207. The standard InChI is InChI=1S/C15H19NO3/c1-2-19-14(18)15(9-6-10-15)13(17)16-11-12-7-4-3-5-8-12/h3-5,7-8H,2,6,9-11H2,1H3,(H,16,17). The molecule has 0 spiro atoms. The van der Waals surface area contributed by atoms with Crippen molar-refractivity contribution in [3.63, 3.8) is 0 Å². The quantitative estimate of drug-likeness (QED) is 0.652. The van der Waals surface area contributed by atoms with E-state index in [0.717, 1.165) is 12.0 Å². The van der Waals surface area contributed by atoms with E-state index >= 15 is 0 Å². The third-order valence-corrected chi connectivity index (χ3v) is 3.60. The van der Waals surface area contributed by atoms with Crippen LogP contribution in [0.5, 0.6) is 0 Å². The zero-order valence-electron chi connectivity index (χ0n) is 11.1. The number of hydrogen-bond acceptors (Lipinski definition) is 3. The number of carbonyl (C=O) groups excluding carboxylic acids is 2. The first-order valence-electron chi connectivity index (χ1n) is 6.68. The molecule has 0 unspecified atom stereocenters. The van der Waals surface area contributed by atoms with E-state index in [1.807, 2.05) is 30.3 Å². The molecule has 19 heavy (non-hydrogen) atoms.